The van der Waals surface area contributed by atoms with Gasteiger partial charge in [-0.15, -0.1) is 0 Å². The van der Waals surface area contributed by atoms with Crippen molar-refractivity contribution in [3.05, 3.63) is 75.8 Å². The number of ether oxygens (including phenoxy) is 1. The van der Waals surface area contributed by atoms with Gasteiger partial charge in [0.15, 0.2) is 0 Å². The Kier molecular flexibility index (Phi) is 6.87. The van der Waals surface area contributed by atoms with Crippen LogP contribution in [0.2, 0.25) is 0 Å². The lowest BCUT2D eigenvalue weighted by Crippen LogP contribution is -2.32. The molecule has 0 heterocycles. The largest absolute Gasteiger partial charge is 0.389 e. The molecule has 0 fully saturated rings. The van der Waals surface area contributed by atoms with Crippen LogP contribution in [0.25, 0.3) is 0 Å². The van der Waals surface area contributed by atoms with E-state index in [1.54, 1.807) is 18.2 Å². The molecule has 0 bridgehead atoms. The van der Waals surface area contributed by atoms with Crippen LogP contribution in [0.4, 0.5) is 5.69 Å². The minimum atomic E-state index is -0.651. The Balaban J connectivity index is 1.77. The summed E-state index contributed by atoms with van der Waals surface area (Å²) in [6.45, 7) is 1.44. The van der Waals surface area contributed by atoms with E-state index in [2.05, 4.69) is 0 Å². The molecular weight excluding hydrogens is 308 g/mol. The predicted molar refractivity (Wildman–Crippen MR) is 91.5 cm³/mol. The lowest BCUT2D eigenvalue weighted by atomic mass is 10.1. The van der Waals surface area contributed by atoms with E-state index in [0.717, 1.165) is 5.56 Å². The van der Waals surface area contributed by atoms with Crippen LogP contribution < -0.4 is 0 Å². The molecule has 0 aliphatic rings. The molecule has 2 aromatic rings. The first-order valence-electron chi connectivity index (χ1n) is 7.77. The summed E-state index contributed by atoms with van der Waals surface area (Å²) in [4.78, 5) is 12.5. The number of rotatable bonds is 9. The zero-order valence-electron chi connectivity index (χ0n) is 13.7. The predicted octanol–water partition coefficient (Wildman–Crippen LogP) is 2.60. The number of nitro groups is 1. The number of hydrogen-bond donors (Lipinski definition) is 1. The number of hydrogen-bond acceptors (Lipinski definition) is 5. The van der Waals surface area contributed by atoms with Gasteiger partial charge in [0.25, 0.3) is 5.69 Å². The SMILES string of the molecule is CN(Cc1ccccc1[N+](=O)[O-])C[C@H](O)COCc1ccccc1. The monoisotopic (exact) mass is 330 g/mol. The van der Waals surface area contributed by atoms with Crippen LogP contribution in [0.3, 0.4) is 0 Å². The fraction of sp³-hybridized carbons (Fsp3) is 0.333. The average Bonchev–Trinajstić information content (AvgIpc) is 2.56. The average molecular weight is 330 g/mol. The Morgan fingerprint density at radius 2 is 1.83 bits per heavy atom. The van der Waals surface area contributed by atoms with Gasteiger partial charge in [-0.1, -0.05) is 48.5 Å². The molecule has 128 valence electrons. The van der Waals surface area contributed by atoms with E-state index in [4.69, 9.17) is 4.74 Å². The maximum absolute atomic E-state index is 11.0. The van der Waals surface area contributed by atoms with Gasteiger partial charge >= 0.3 is 0 Å². The third kappa shape index (κ3) is 5.73. The van der Waals surface area contributed by atoms with Crippen LogP contribution in [0.1, 0.15) is 11.1 Å². The van der Waals surface area contributed by atoms with E-state index in [0.29, 0.717) is 25.3 Å². The van der Waals surface area contributed by atoms with Crippen molar-refractivity contribution in [3.8, 4) is 0 Å². The molecule has 6 nitrogen and oxygen atoms in total. The molecule has 6 heteroatoms. The lowest BCUT2D eigenvalue weighted by Gasteiger charge is -2.20. The first kappa shape index (κ1) is 18.1. The van der Waals surface area contributed by atoms with Gasteiger partial charge in [-0.25, -0.2) is 0 Å². The molecule has 1 atom stereocenters. The second kappa shape index (κ2) is 9.12. The van der Waals surface area contributed by atoms with Crippen molar-refractivity contribution in [1.29, 1.82) is 0 Å². The third-order valence-electron chi connectivity index (χ3n) is 3.57. The molecule has 0 aliphatic carbocycles. The lowest BCUT2D eigenvalue weighted by molar-refractivity contribution is -0.385. The fourth-order valence-electron chi connectivity index (χ4n) is 2.48. The van der Waals surface area contributed by atoms with Gasteiger partial charge in [0.2, 0.25) is 0 Å². The van der Waals surface area contributed by atoms with Crippen LogP contribution in [0, 0.1) is 10.1 Å². The summed E-state index contributed by atoms with van der Waals surface area (Å²) < 4.78 is 5.51. The van der Waals surface area contributed by atoms with Crippen LogP contribution in [-0.4, -0.2) is 41.2 Å². The van der Waals surface area contributed by atoms with Crippen LogP contribution in [0.5, 0.6) is 0 Å². The van der Waals surface area contributed by atoms with Crippen molar-refractivity contribution in [2.75, 3.05) is 20.2 Å². The topological polar surface area (TPSA) is 75.8 Å². The van der Waals surface area contributed by atoms with E-state index in [9.17, 15) is 15.2 Å². The molecule has 0 spiro atoms. The van der Waals surface area contributed by atoms with E-state index in [1.807, 2.05) is 42.3 Å². The zero-order valence-corrected chi connectivity index (χ0v) is 13.7. The molecule has 1 N–H and O–H groups in total. The third-order valence-corrected chi connectivity index (χ3v) is 3.57. The van der Waals surface area contributed by atoms with Crippen molar-refractivity contribution < 1.29 is 14.8 Å². The van der Waals surface area contributed by atoms with Crippen molar-refractivity contribution >= 4 is 5.69 Å². The standard InChI is InChI=1S/C18H22N2O4/c1-19(11-16-9-5-6-10-18(16)20(22)23)12-17(21)14-24-13-15-7-3-2-4-8-15/h2-10,17,21H,11-14H2,1H3/t17-/m0/s1. The van der Waals surface area contributed by atoms with Gasteiger partial charge in [-0.2, -0.15) is 0 Å². The number of para-hydroxylation sites is 1. The van der Waals surface area contributed by atoms with Gasteiger partial charge in [0, 0.05) is 24.7 Å². The maximum Gasteiger partial charge on any atom is 0.273 e. The normalized spacial score (nSPS) is 12.3. The summed E-state index contributed by atoms with van der Waals surface area (Å²) >= 11 is 0. The van der Waals surface area contributed by atoms with Crippen molar-refractivity contribution in [1.82, 2.24) is 4.90 Å². The number of nitro benzene ring substituents is 1. The first-order chi connectivity index (χ1) is 11.6. The Hall–Kier alpha value is -2.28. The highest BCUT2D eigenvalue weighted by atomic mass is 16.6. The Morgan fingerprint density at radius 1 is 1.17 bits per heavy atom. The number of nitrogens with zero attached hydrogens (tertiary/aromatic N) is 2. The van der Waals surface area contributed by atoms with Gasteiger partial charge in [-0.3, -0.25) is 15.0 Å². The summed E-state index contributed by atoms with van der Waals surface area (Å²) in [6, 6.07) is 16.4. The maximum atomic E-state index is 11.0. The molecule has 0 unspecified atom stereocenters. The van der Waals surface area contributed by atoms with Crippen LogP contribution in [-0.2, 0) is 17.9 Å². The highest BCUT2D eigenvalue weighted by Gasteiger charge is 2.15. The van der Waals surface area contributed by atoms with Crippen LogP contribution >= 0.6 is 0 Å². The quantitative estimate of drug-likeness (QED) is 0.565. The number of benzene rings is 2. The number of likely N-dealkylation sites (N-methyl/N-ethyl adjacent to an activating group) is 1. The second-order valence-corrected chi connectivity index (χ2v) is 5.74. The molecule has 24 heavy (non-hydrogen) atoms. The smallest absolute Gasteiger partial charge is 0.273 e. The summed E-state index contributed by atoms with van der Waals surface area (Å²) in [5.74, 6) is 0. The van der Waals surface area contributed by atoms with E-state index < -0.39 is 6.10 Å². The Bertz CT molecular complexity index is 648. The summed E-state index contributed by atoms with van der Waals surface area (Å²) in [5.41, 5.74) is 1.78. The molecule has 2 aromatic carbocycles. The molecular formula is C18H22N2O4. The second-order valence-electron chi connectivity index (χ2n) is 5.74. The minimum absolute atomic E-state index is 0.0965. The van der Waals surface area contributed by atoms with Crippen molar-refractivity contribution in [2.24, 2.45) is 0 Å². The van der Waals surface area contributed by atoms with E-state index in [1.165, 1.54) is 6.07 Å². The summed E-state index contributed by atoms with van der Waals surface area (Å²) in [6.07, 6.45) is -0.651. The van der Waals surface area contributed by atoms with Gasteiger partial charge in [0.05, 0.1) is 24.2 Å². The molecule has 0 saturated carbocycles. The van der Waals surface area contributed by atoms with Gasteiger partial charge in [-0.05, 0) is 12.6 Å². The molecule has 0 saturated heterocycles. The number of aliphatic hydroxyl groups excluding tert-OH is 1. The minimum Gasteiger partial charge on any atom is -0.389 e. The Labute approximate surface area is 141 Å². The van der Waals surface area contributed by atoms with Crippen molar-refractivity contribution in [2.45, 2.75) is 19.3 Å². The first-order valence-corrected chi connectivity index (χ1v) is 7.77. The molecule has 2 rings (SSSR count). The van der Waals surface area contributed by atoms with Gasteiger partial charge < -0.3 is 9.84 Å². The molecule has 0 radical (unpaired) electrons. The van der Waals surface area contributed by atoms with Gasteiger partial charge in [0.1, 0.15) is 0 Å². The number of aliphatic hydroxyl groups is 1. The molecule has 0 aliphatic heterocycles. The van der Waals surface area contributed by atoms with Crippen molar-refractivity contribution in [3.63, 3.8) is 0 Å². The summed E-state index contributed by atoms with van der Waals surface area (Å²) in [5, 5.41) is 21.1. The summed E-state index contributed by atoms with van der Waals surface area (Å²) in [7, 11) is 1.82. The Morgan fingerprint density at radius 3 is 2.54 bits per heavy atom. The van der Waals surface area contributed by atoms with Crippen LogP contribution in [0.15, 0.2) is 54.6 Å². The fourth-order valence-corrected chi connectivity index (χ4v) is 2.48. The zero-order chi connectivity index (χ0) is 17.4. The van der Waals surface area contributed by atoms with E-state index in [-0.39, 0.29) is 17.2 Å². The highest BCUT2D eigenvalue weighted by Crippen LogP contribution is 2.19. The molecule has 0 amide bonds. The highest BCUT2D eigenvalue weighted by molar-refractivity contribution is 5.39. The molecule has 0 aromatic heterocycles. The van der Waals surface area contributed by atoms with E-state index >= 15 is 0 Å².